The van der Waals surface area contributed by atoms with Gasteiger partial charge in [-0.3, -0.25) is 9.69 Å². The molecule has 1 amide bonds. The summed E-state index contributed by atoms with van der Waals surface area (Å²) in [5.41, 5.74) is 2.33. The second-order valence-electron chi connectivity index (χ2n) is 7.42. The summed E-state index contributed by atoms with van der Waals surface area (Å²) >= 11 is 0. The van der Waals surface area contributed by atoms with Crippen molar-refractivity contribution in [3.8, 4) is 5.75 Å². The van der Waals surface area contributed by atoms with Crippen molar-refractivity contribution in [2.24, 2.45) is 0 Å². The van der Waals surface area contributed by atoms with E-state index in [-0.39, 0.29) is 10.8 Å². The van der Waals surface area contributed by atoms with E-state index in [4.69, 9.17) is 4.74 Å². The summed E-state index contributed by atoms with van der Waals surface area (Å²) in [4.78, 5) is 13.8. The van der Waals surface area contributed by atoms with Gasteiger partial charge in [0.2, 0.25) is 15.9 Å². The molecular weight excluding hydrogens is 402 g/mol. The fourth-order valence-corrected chi connectivity index (χ4v) is 5.22. The van der Waals surface area contributed by atoms with Gasteiger partial charge in [-0.1, -0.05) is 18.2 Å². The largest absolute Gasteiger partial charge is 0.494 e. The van der Waals surface area contributed by atoms with Gasteiger partial charge in [0.15, 0.2) is 0 Å². The van der Waals surface area contributed by atoms with Crippen molar-refractivity contribution in [2.75, 3.05) is 38.1 Å². The molecule has 2 aromatic carbocycles. The van der Waals surface area contributed by atoms with Crippen molar-refractivity contribution in [1.29, 1.82) is 0 Å². The Morgan fingerprint density at radius 1 is 1.07 bits per heavy atom. The smallest absolute Gasteiger partial charge is 0.243 e. The van der Waals surface area contributed by atoms with Crippen LogP contribution in [-0.4, -0.2) is 56.3 Å². The second-order valence-corrected chi connectivity index (χ2v) is 9.33. The first-order chi connectivity index (χ1) is 14.3. The van der Waals surface area contributed by atoms with Gasteiger partial charge in [0.05, 0.1) is 11.5 Å². The Kier molecular flexibility index (Phi) is 7.12. The van der Waals surface area contributed by atoms with Crippen molar-refractivity contribution in [3.63, 3.8) is 0 Å². The van der Waals surface area contributed by atoms with E-state index in [1.54, 1.807) is 25.1 Å². The Hall–Kier alpha value is -2.42. The van der Waals surface area contributed by atoms with Crippen LogP contribution in [0, 0.1) is 6.92 Å². The molecule has 1 aliphatic heterocycles. The third-order valence-corrected chi connectivity index (χ3v) is 7.14. The fraction of sp³-hybridized carbons (Fsp3) is 0.409. The highest BCUT2D eigenvalue weighted by molar-refractivity contribution is 7.89. The summed E-state index contributed by atoms with van der Waals surface area (Å²) in [6.45, 7) is 8.74. The first kappa shape index (κ1) is 22.3. The Labute approximate surface area is 178 Å². The highest BCUT2D eigenvalue weighted by atomic mass is 32.2. The number of hydrogen-bond acceptors (Lipinski definition) is 5. The van der Waals surface area contributed by atoms with Crippen molar-refractivity contribution >= 4 is 21.6 Å². The zero-order chi connectivity index (χ0) is 21.7. The molecule has 0 aromatic heterocycles. The van der Waals surface area contributed by atoms with Crippen molar-refractivity contribution in [1.82, 2.24) is 9.21 Å². The predicted octanol–water partition coefficient (Wildman–Crippen LogP) is 2.86. The Morgan fingerprint density at radius 2 is 1.73 bits per heavy atom. The zero-order valence-corrected chi connectivity index (χ0v) is 18.5. The quantitative estimate of drug-likeness (QED) is 0.729. The van der Waals surface area contributed by atoms with Gasteiger partial charge in [-0.05, 0) is 49.2 Å². The minimum absolute atomic E-state index is 0.231. The van der Waals surface area contributed by atoms with E-state index >= 15 is 0 Å². The van der Waals surface area contributed by atoms with Crippen LogP contribution in [-0.2, 0) is 21.4 Å². The van der Waals surface area contributed by atoms with Crippen LogP contribution in [0.5, 0.6) is 5.75 Å². The number of anilines is 1. The molecular formula is C22H29N3O4S. The van der Waals surface area contributed by atoms with Gasteiger partial charge in [-0.2, -0.15) is 4.31 Å². The van der Waals surface area contributed by atoms with Crippen LogP contribution in [0.4, 0.5) is 5.69 Å². The van der Waals surface area contributed by atoms with E-state index in [1.807, 2.05) is 31.2 Å². The normalized spacial score (nSPS) is 15.7. The molecule has 0 aliphatic carbocycles. The first-order valence-electron chi connectivity index (χ1n) is 10.1. The molecule has 7 nitrogen and oxygen atoms in total. The second kappa shape index (κ2) is 9.59. The average molecular weight is 432 g/mol. The van der Waals surface area contributed by atoms with E-state index in [2.05, 4.69) is 10.2 Å². The van der Waals surface area contributed by atoms with Gasteiger partial charge >= 0.3 is 0 Å². The monoisotopic (exact) mass is 431 g/mol. The van der Waals surface area contributed by atoms with Crippen LogP contribution in [0.15, 0.2) is 47.4 Å². The zero-order valence-electron chi connectivity index (χ0n) is 17.7. The number of rotatable bonds is 7. The van der Waals surface area contributed by atoms with Gasteiger partial charge in [-0.25, -0.2) is 8.42 Å². The number of carbonyl (C=O) groups is 1. The SMILES string of the molecule is CCOc1ccc(CN2CCN(S(=O)(=O)c3cc(NC(C)=O)ccc3C)CC2)cc1. The lowest BCUT2D eigenvalue weighted by Gasteiger charge is -2.34. The maximum absolute atomic E-state index is 13.2. The number of carbonyl (C=O) groups excluding carboxylic acids is 1. The van der Waals surface area contributed by atoms with Crippen LogP contribution in [0.2, 0.25) is 0 Å². The number of nitrogens with one attached hydrogen (secondary N) is 1. The number of sulfonamides is 1. The Bertz CT molecular complexity index is 982. The van der Waals surface area contributed by atoms with Gasteiger partial charge in [0.25, 0.3) is 0 Å². The molecule has 0 spiro atoms. The average Bonchev–Trinajstić information content (AvgIpc) is 2.71. The lowest BCUT2D eigenvalue weighted by molar-refractivity contribution is -0.114. The molecule has 8 heteroatoms. The topological polar surface area (TPSA) is 79.0 Å². The van der Waals surface area contributed by atoms with Crippen LogP contribution >= 0.6 is 0 Å². The minimum Gasteiger partial charge on any atom is -0.494 e. The third kappa shape index (κ3) is 5.38. The summed E-state index contributed by atoms with van der Waals surface area (Å²) in [7, 11) is -3.62. The number of benzene rings is 2. The summed E-state index contributed by atoms with van der Waals surface area (Å²) in [6.07, 6.45) is 0. The number of ether oxygens (including phenoxy) is 1. The highest BCUT2D eigenvalue weighted by Gasteiger charge is 2.29. The van der Waals surface area contributed by atoms with E-state index in [1.165, 1.54) is 16.8 Å². The molecule has 0 atom stereocenters. The van der Waals surface area contributed by atoms with Gasteiger partial charge in [0.1, 0.15) is 5.75 Å². The van der Waals surface area contributed by atoms with E-state index in [0.717, 1.165) is 12.3 Å². The molecule has 162 valence electrons. The summed E-state index contributed by atoms with van der Waals surface area (Å²) < 4.78 is 33.4. The standard InChI is InChI=1S/C22H29N3O4S/c1-4-29-21-9-6-19(7-10-21)16-24-11-13-25(14-12-24)30(27,28)22-15-20(23-18(3)26)8-5-17(22)2/h5-10,15H,4,11-14,16H2,1-3H3,(H,23,26). The van der Waals surface area contributed by atoms with Gasteiger partial charge in [-0.15, -0.1) is 0 Å². The Balaban J connectivity index is 1.64. The summed E-state index contributed by atoms with van der Waals surface area (Å²) in [6, 6.07) is 13.0. The van der Waals surface area contributed by atoms with Crippen LogP contribution in [0.1, 0.15) is 25.0 Å². The summed E-state index contributed by atoms with van der Waals surface area (Å²) in [5.74, 6) is 0.624. The van der Waals surface area contributed by atoms with Crippen molar-refractivity contribution < 1.29 is 17.9 Å². The molecule has 2 aromatic rings. The molecule has 0 radical (unpaired) electrons. The van der Waals surface area contributed by atoms with E-state index in [0.29, 0.717) is 44.0 Å². The Morgan fingerprint density at radius 3 is 2.33 bits per heavy atom. The third-order valence-electron chi connectivity index (χ3n) is 5.10. The number of amides is 1. The molecule has 3 rings (SSSR count). The fourth-order valence-electron chi connectivity index (χ4n) is 3.54. The highest BCUT2D eigenvalue weighted by Crippen LogP contribution is 2.25. The van der Waals surface area contributed by atoms with E-state index in [9.17, 15) is 13.2 Å². The number of piperazine rings is 1. The molecule has 30 heavy (non-hydrogen) atoms. The minimum atomic E-state index is -3.62. The number of nitrogens with zero attached hydrogens (tertiary/aromatic N) is 2. The van der Waals surface area contributed by atoms with Crippen LogP contribution in [0.25, 0.3) is 0 Å². The first-order valence-corrected chi connectivity index (χ1v) is 11.6. The van der Waals surface area contributed by atoms with Crippen molar-refractivity contribution in [2.45, 2.75) is 32.2 Å². The number of hydrogen-bond donors (Lipinski definition) is 1. The van der Waals surface area contributed by atoms with Crippen molar-refractivity contribution in [3.05, 3.63) is 53.6 Å². The summed E-state index contributed by atoms with van der Waals surface area (Å²) in [5, 5.41) is 2.65. The van der Waals surface area contributed by atoms with Gasteiger partial charge < -0.3 is 10.1 Å². The van der Waals surface area contributed by atoms with Gasteiger partial charge in [0, 0.05) is 45.3 Å². The molecule has 1 N–H and O–H groups in total. The van der Waals surface area contributed by atoms with Crippen LogP contribution in [0.3, 0.4) is 0 Å². The maximum Gasteiger partial charge on any atom is 0.243 e. The molecule has 0 bridgehead atoms. The van der Waals surface area contributed by atoms with Crippen LogP contribution < -0.4 is 10.1 Å². The predicted molar refractivity (Wildman–Crippen MR) is 117 cm³/mol. The lowest BCUT2D eigenvalue weighted by atomic mass is 10.2. The molecule has 1 heterocycles. The molecule has 1 saturated heterocycles. The molecule has 1 fully saturated rings. The maximum atomic E-state index is 13.2. The van der Waals surface area contributed by atoms with E-state index < -0.39 is 10.0 Å². The molecule has 0 unspecified atom stereocenters. The molecule has 0 saturated carbocycles. The molecule has 1 aliphatic rings. The number of aryl methyl sites for hydroxylation is 1. The lowest BCUT2D eigenvalue weighted by Crippen LogP contribution is -2.48.